The number of nitrogens with zero attached hydrogens (tertiary/aromatic N) is 2. The zero-order valence-corrected chi connectivity index (χ0v) is 12.5. The molecule has 1 heterocycles. The fourth-order valence-electron chi connectivity index (χ4n) is 1.74. The topological polar surface area (TPSA) is 105 Å². The van der Waals surface area contributed by atoms with E-state index in [1.54, 1.807) is 0 Å². The molecule has 20 heavy (non-hydrogen) atoms. The first-order valence-corrected chi connectivity index (χ1v) is 6.77. The fraction of sp³-hybridized carbons (Fsp3) is 0.615. The minimum Gasteiger partial charge on any atom is -0.361 e. The number of hydrogen-bond acceptors (Lipinski definition) is 6. The molecular formula is C13H24N6O. The molecule has 0 unspecified atom stereocenters. The number of rotatable bonds is 7. The zero-order valence-electron chi connectivity index (χ0n) is 12.5. The maximum Gasteiger partial charge on any atom is 0.239 e. The van der Waals surface area contributed by atoms with Crippen molar-refractivity contribution >= 4 is 17.5 Å². The predicted octanol–water partition coefficient (Wildman–Crippen LogP) is 1.07. The Labute approximate surface area is 119 Å². The van der Waals surface area contributed by atoms with Crippen molar-refractivity contribution in [1.82, 2.24) is 15.3 Å². The van der Waals surface area contributed by atoms with Crippen molar-refractivity contribution < 1.29 is 4.79 Å². The van der Waals surface area contributed by atoms with Gasteiger partial charge in [-0.15, -0.1) is 0 Å². The molecule has 112 valence electrons. The summed E-state index contributed by atoms with van der Waals surface area (Å²) in [5.41, 5.74) is 3.42. The molecule has 0 bridgehead atoms. The number of nitrogen functional groups attached to an aromatic ring is 1. The van der Waals surface area contributed by atoms with Crippen LogP contribution < -0.4 is 21.9 Å². The van der Waals surface area contributed by atoms with Gasteiger partial charge in [-0.3, -0.25) is 4.79 Å². The number of hydrazine groups is 1. The number of amides is 1. The van der Waals surface area contributed by atoms with Gasteiger partial charge >= 0.3 is 0 Å². The van der Waals surface area contributed by atoms with E-state index in [0.717, 1.165) is 5.56 Å². The highest BCUT2D eigenvalue weighted by Crippen LogP contribution is 2.27. The van der Waals surface area contributed by atoms with Crippen LogP contribution in [0.2, 0.25) is 0 Å². The van der Waals surface area contributed by atoms with E-state index in [1.807, 2.05) is 27.7 Å². The second-order valence-corrected chi connectivity index (χ2v) is 5.34. The SMILES string of the molecule is CC(C)CNC(=O)CNc1ncnc(NN)c1C(C)C. The van der Waals surface area contributed by atoms with Crippen LogP contribution in [0.25, 0.3) is 0 Å². The molecule has 0 aliphatic heterocycles. The predicted molar refractivity (Wildman–Crippen MR) is 80.3 cm³/mol. The molecule has 1 amide bonds. The van der Waals surface area contributed by atoms with Crippen LogP contribution in [0.4, 0.5) is 11.6 Å². The summed E-state index contributed by atoms with van der Waals surface area (Å²) < 4.78 is 0. The third-order valence-corrected chi connectivity index (χ3v) is 2.72. The lowest BCUT2D eigenvalue weighted by Crippen LogP contribution is -2.33. The molecule has 0 saturated carbocycles. The Balaban J connectivity index is 2.70. The maximum atomic E-state index is 11.7. The van der Waals surface area contributed by atoms with Gasteiger partial charge < -0.3 is 16.1 Å². The van der Waals surface area contributed by atoms with Gasteiger partial charge in [-0.25, -0.2) is 15.8 Å². The molecule has 1 rings (SSSR count). The Kier molecular flexibility index (Phi) is 6.17. The molecule has 0 aliphatic rings. The first kappa shape index (κ1) is 16.2. The van der Waals surface area contributed by atoms with Crippen LogP contribution in [-0.2, 0) is 4.79 Å². The van der Waals surface area contributed by atoms with Crippen LogP contribution in [0.5, 0.6) is 0 Å². The monoisotopic (exact) mass is 280 g/mol. The van der Waals surface area contributed by atoms with E-state index in [1.165, 1.54) is 6.33 Å². The molecular weight excluding hydrogens is 256 g/mol. The minimum atomic E-state index is -0.0609. The van der Waals surface area contributed by atoms with Crippen molar-refractivity contribution in [2.24, 2.45) is 11.8 Å². The first-order chi connectivity index (χ1) is 9.45. The Hall–Kier alpha value is -1.89. The van der Waals surface area contributed by atoms with Crippen LogP contribution >= 0.6 is 0 Å². The van der Waals surface area contributed by atoms with Crippen molar-refractivity contribution in [3.63, 3.8) is 0 Å². The molecule has 1 aromatic rings. The van der Waals surface area contributed by atoms with Crippen molar-refractivity contribution in [1.29, 1.82) is 0 Å². The lowest BCUT2D eigenvalue weighted by atomic mass is 10.0. The third-order valence-electron chi connectivity index (χ3n) is 2.72. The highest BCUT2D eigenvalue weighted by atomic mass is 16.1. The average Bonchev–Trinajstić information content (AvgIpc) is 2.41. The largest absolute Gasteiger partial charge is 0.361 e. The summed E-state index contributed by atoms with van der Waals surface area (Å²) in [6.07, 6.45) is 1.41. The Morgan fingerprint density at radius 1 is 1.25 bits per heavy atom. The van der Waals surface area contributed by atoms with Crippen LogP contribution in [0.15, 0.2) is 6.33 Å². The Morgan fingerprint density at radius 3 is 2.45 bits per heavy atom. The summed E-state index contributed by atoms with van der Waals surface area (Å²) in [5, 5.41) is 5.88. The zero-order chi connectivity index (χ0) is 15.1. The van der Waals surface area contributed by atoms with E-state index in [0.29, 0.717) is 24.1 Å². The van der Waals surface area contributed by atoms with E-state index >= 15 is 0 Å². The van der Waals surface area contributed by atoms with Gasteiger partial charge in [-0.2, -0.15) is 0 Å². The summed E-state index contributed by atoms with van der Waals surface area (Å²) >= 11 is 0. The van der Waals surface area contributed by atoms with Gasteiger partial charge in [0, 0.05) is 12.1 Å². The number of nitrogens with two attached hydrogens (primary N) is 1. The molecule has 0 atom stereocenters. The Bertz CT molecular complexity index is 446. The molecule has 7 heteroatoms. The van der Waals surface area contributed by atoms with Gasteiger partial charge in [-0.05, 0) is 11.8 Å². The standard InChI is InChI=1S/C13H24N6O/c1-8(2)5-15-10(20)6-16-12-11(9(3)4)13(19-14)18-7-17-12/h7-9H,5-6,14H2,1-4H3,(H,15,20)(H2,16,17,18,19). The van der Waals surface area contributed by atoms with Gasteiger partial charge in [0.05, 0.1) is 6.54 Å². The van der Waals surface area contributed by atoms with Crippen molar-refractivity contribution in [2.45, 2.75) is 33.6 Å². The van der Waals surface area contributed by atoms with Crippen molar-refractivity contribution in [3.8, 4) is 0 Å². The first-order valence-electron chi connectivity index (χ1n) is 6.77. The minimum absolute atomic E-state index is 0.0609. The summed E-state index contributed by atoms with van der Waals surface area (Å²) in [6, 6.07) is 0. The van der Waals surface area contributed by atoms with E-state index in [4.69, 9.17) is 5.84 Å². The smallest absolute Gasteiger partial charge is 0.239 e. The Morgan fingerprint density at radius 2 is 1.90 bits per heavy atom. The third kappa shape index (κ3) is 4.65. The van der Waals surface area contributed by atoms with Crippen LogP contribution in [0.1, 0.15) is 39.2 Å². The highest BCUT2D eigenvalue weighted by Gasteiger charge is 2.14. The highest BCUT2D eigenvalue weighted by molar-refractivity contribution is 5.80. The second-order valence-electron chi connectivity index (χ2n) is 5.34. The maximum absolute atomic E-state index is 11.7. The summed E-state index contributed by atoms with van der Waals surface area (Å²) in [7, 11) is 0. The van der Waals surface area contributed by atoms with Crippen LogP contribution in [0, 0.1) is 5.92 Å². The van der Waals surface area contributed by atoms with Gasteiger partial charge in [-0.1, -0.05) is 27.7 Å². The quantitative estimate of drug-likeness (QED) is 0.440. The van der Waals surface area contributed by atoms with Crippen LogP contribution in [0.3, 0.4) is 0 Å². The average molecular weight is 280 g/mol. The molecule has 0 aliphatic carbocycles. The van der Waals surface area contributed by atoms with E-state index < -0.39 is 0 Å². The lowest BCUT2D eigenvalue weighted by Gasteiger charge is -2.16. The number of carbonyl (C=O) groups excluding carboxylic acids is 1. The van der Waals surface area contributed by atoms with Crippen molar-refractivity contribution in [3.05, 3.63) is 11.9 Å². The number of aromatic nitrogens is 2. The normalized spacial score (nSPS) is 10.8. The second kappa shape index (κ2) is 7.64. The summed E-state index contributed by atoms with van der Waals surface area (Å²) in [5.74, 6) is 7.19. The summed E-state index contributed by atoms with van der Waals surface area (Å²) in [4.78, 5) is 20.0. The van der Waals surface area contributed by atoms with Gasteiger partial charge in [0.25, 0.3) is 0 Å². The van der Waals surface area contributed by atoms with Gasteiger partial charge in [0.1, 0.15) is 18.0 Å². The van der Waals surface area contributed by atoms with E-state index in [-0.39, 0.29) is 18.4 Å². The molecule has 0 aromatic carbocycles. The molecule has 0 radical (unpaired) electrons. The number of nitrogens with one attached hydrogen (secondary N) is 3. The molecule has 7 nitrogen and oxygen atoms in total. The molecule has 5 N–H and O–H groups in total. The lowest BCUT2D eigenvalue weighted by molar-refractivity contribution is -0.119. The van der Waals surface area contributed by atoms with Crippen molar-refractivity contribution in [2.75, 3.05) is 23.8 Å². The number of anilines is 2. The number of hydrogen-bond donors (Lipinski definition) is 4. The van der Waals surface area contributed by atoms with E-state index in [9.17, 15) is 4.79 Å². The van der Waals surface area contributed by atoms with Gasteiger partial charge in [0.2, 0.25) is 5.91 Å². The molecule has 1 aromatic heterocycles. The molecule has 0 spiro atoms. The number of carbonyl (C=O) groups is 1. The molecule has 0 saturated heterocycles. The van der Waals surface area contributed by atoms with Crippen LogP contribution in [-0.4, -0.2) is 29.0 Å². The van der Waals surface area contributed by atoms with E-state index in [2.05, 4.69) is 26.0 Å². The molecule has 0 fully saturated rings. The summed E-state index contributed by atoms with van der Waals surface area (Å²) in [6.45, 7) is 8.97. The fourth-order valence-corrected chi connectivity index (χ4v) is 1.74. The van der Waals surface area contributed by atoms with Gasteiger partial charge in [0.15, 0.2) is 0 Å².